The topological polar surface area (TPSA) is 97.4 Å². The van der Waals surface area contributed by atoms with E-state index >= 15 is 0 Å². The van der Waals surface area contributed by atoms with Gasteiger partial charge < -0.3 is 10.1 Å². The zero-order chi connectivity index (χ0) is 23.8. The molecule has 0 saturated carbocycles. The normalized spacial score (nSPS) is 13.5. The monoisotopic (exact) mass is 497 g/mol. The summed E-state index contributed by atoms with van der Waals surface area (Å²) < 4.78 is 72.5. The van der Waals surface area contributed by atoms with Gasteiger partial charge in [-0.3, -0.25) is 9.52 Å². The first-order chi connectivity index (χ1) is 15.6. The number of aromatic nitrogens is 1. The van der Waals surface area contributed by atoms with Crippen LogP contribution in [0, 0.1) is 0 Å². The van der Waals surface area contributed by atoms with Crippen LogP contribution in [0.5, 0.6) is 5.75 Å². The number of nitrogens with zero attached hydrogens (tertiary/aromatic N) is 1. The molecule has 12 heteroatoms. The van der Waals surface area contributed by atoms with Crippen molar-refractivity contribution in [3.63, 3.8) is 0 Å². The quantitative estimate of drug-likeness (QED) is 0.500. The molecule has 0 unspecified atom stereocenters. The highest BCUT2D eigenvalue weighted by Gasteiger charge is 2.32. The molecule has 0 atom stereocenters. The number of pyridine rings is 1. The van der Waals surface area contributed by atoms with Gasteiger partial charge in [0.25, 0.3) is 10.0 Å². The van der Waals surface area contributed by atoms with Crippen molar-refractivity contribution in [2.45, 2.75) is 11.1 Å². The summed E-state index contributed by atoms with van der Waals surface area (Å²) in [5.74, 6) is -0.369. The highest BCUT2D eigenvalue weighted by molar-refractivity contribution is 7.92. The second-order valence-corrected chi connectivity index (χ2v) is 9.09. The van der Waals surface area contributed by atoms with Gasteiger partial charge in [0.05, 0.1) is 32.4 Å². The number of anilines is 2. The lowest BCUT2D eigenvalue weighted by molar-refractivity contribution is -0.137. The highest BCUT2D eigenvalue weighted by atomic mass is 35.5. The number of carbonyl (C=O) groups excluding carboxylic acids is 1. The molecule has 2 aromatic carbocycles. The zero-order valence-corrected chi connectivity index (χ0v) is 18.2. The number of sulfonamides is 1. The van der Waals surface area contributed by atoms with E-state index in [0.29, 0.717) is 24.9 Å². The van der Waals surface area contributed by atoms with Gasteiger partial charge in [-0.05, 0) is 36.4 Å². The van der Waals surface area contributed by atoms with E-state index in [4.69, 9.17) is 16.3 Å². The second-order valence-electron chi connectivity index (χ2n) is 6.97. The third kappa shape index (κ3) is 4.74. The Balaban J connectivity index is 1.74. The summed E-state index contributed by atoms with van der Waals surface area (Å²) in [6.07, 6.45) is -3.57. The number of hydrogen-bond acceptors (Lipinski definition) is 6. The molecule has 7 nitrogen and oxygen atoms in total. The van der Waals surface area contributed by atoms with Crippen LogP contribution in [0.25, 0.3) is 0 Å². The van der Waals surface area contributed by atoms with E-state index < -0.39 is 32.4 Å². The Morgan fingerprint density at radius 2 is 1.91 bits per heavy atom. The van der Waals surface area contributed by atoms with Gasteiger partial charge in [0.2, 0.25) is 5.78 Å². The van der Waals surface area contributed by atoms with Crippen molar-refractivity contribution in [2.24, 2.45) is 0 Å². The van der Waals surface area contributed by atoms with E-state index in [1.165, 1.54) is 6.07 Å². The first-order valence-corrected chi connectivity index (χ1v) is 11.3. The Labute approximate surface area is 191 Å². The highest BCUT2D eigenvalue weighted by Crippen LogP contribution is 2.35. The van der Waals surface area contributed by atoms with E-state index in [2.05, 4.69) is 15.0 Å². The van der Waals surface area contributed by atoms with E-state index in [1.54, 1.807) is 12.1 Å². The fourth-order valence-corrected chi connectivity index (χ4v) is 4.48. The number of hydrogen-bond donors (Lipinski definition) is 2. The standard InChI is InChI=1S/C21H15ClF3N3O4S/c22-13-10-17(28-33(30,31)14-4-1-3-12(9-14)21(23,24)25)18(27-11-13)19(29)15-5-2-6-16-20(15)32-8-7-26-16/h1-6,9-11,26,28H,7-8H2. The van der Waals surface area contributed by atoms with Crippen LogP contribution >= 0.6 is 11.6 Å². The van der Waals surface area contributed by atoms with Crippen LogP contribution in [-0.2, 0) is 16.2 Å². The smallest absolute Gasteiger partial charge is 0.416 e. The molecule has 0 saturated heterocycles. The number of ether oxygens (including phenoxy) is 1. The van der Waals surface area contributed by atoms with Crippen molar-refractivity contribution in [3.05, 3.63) is 76.6 Å². The Morgan fingerprint density at radius 1 is 1.15 bits per heavy atom. The van der Waals surface area contributed by atoms with E-state index in [0.717, 1.165) is 30.5 Å². The summed E-state index contributed by atoms with van der Waals surface area (Å²) >= 11 is 5.95. The van der Waals surface area contributed by atoms with E-state index in [1.807, 2.05) is 0 Å². The number of carbonyl (C=O) groups is 1. The van der Waals surface area contributed by atoms with Crippen molar-refractivity contribution < 1.29 is 31.1 Å². The largest absolute Gasteiger partial charge is 0.489 e. The fraction of sp³-hybridized carbons (Fsp3) is 0.143. The predicted molar refractivity (Wildman–Crippen MR) is 115 cm³/mol. The molecule has 0 bridgehead atoms. The van der Waals surface area contributed by atoms with Crippen molar-refractivity contribution in [3.8, 4) is 5.75 Å². The molecule has 2 N–H and O–H groups in total. The third-order valence-electron chi connectivity index (χ3n) is 4.71. The molecule has 33 heavy (non-hydrogen) atoms. The SMILES string of the molecule is O=C(c1cccc2c1OCCN2)c1ncc(Cl)cc1NS(=O)(=O)c1cccc(C(F)(F)F)c1. The minimum atomic E-state index is -4.73. The molecule has 0 radical (unpaired) electrons. The molecule has 0 aliphatic carbocycles. The molecular weight excluding hydrogens is 483 g/mol. The van der Waals surface area contributed by atoms with Crippen LogP contribution in [0.15, 0.2) is 59.6 Å². The third-order valence-corrected chi connectivity index (χ3v) is 6.28. The number of para-hydroxylation sites is 1. The number of benzene rings is 2. The van der Waals surface area contributed by atoms with Crippen LogP contribution in [-0.4, -0.2) is 32.3 Å². The number of rotatable bonds is 5. The minimum Gasteiger partial charge on any atom is -0.489 e. The lowest BCUT2D eigenvalue weighted by Crippen LogP contribution is -2.21. The average molecular weight is 498 g/mol. The van der Waals surface area contributed by atoms with Gasteiger partial charge in [-0.25, -0.2) is 13.4 Å². The van der Waals surface area contributed by atoms with Crippen LogP contribution in [0.3, 0.4) is 0 Å². The Bertz CT molecular complexity index is 1350. The van der Waals surface area contributed by atoms with Crippen molar-refractivity contribution in [1.29, 1.82) is 0 Å². The van der Waals surface area contributed by atoms with Gasteiger partial charge in [-0.1, -0.05) is 23.7 Å². The minimum absolute atomic E-state index is 0.0151. The fourth-order valence-electron chi connectivity index (χ4n) is 3.22. The first kappa shape index (κ1) is 22.9. The number of fused-ring (bicyclic) bond motifs is 1. The van der Waals surface area contributed by atoms with Gasteiger partial charge in [-0.15, -0.1) is 0 Å². The van der Waals surface area contributed by atoms with Gasteiger partial charge in [0.1, 0.15) is 12.3 Å². The first-order valence-electron chi connectivity index (χ1n) is 9.46. The summed E-state index contributed by atoms with van der Waals surface area (Å²) in [6, 6.07) is 9.21. The average Bonchev–Trinajstić information content (AvgIpc) is 2.78. The van der Waals surface area contributed by atoms with Gasteiger partial charge in [-0.2, -0.15) is 13.2 Å². The molecular formula is C21H15ClF3N3O4S. The van der Waals surface area contributed by atoms with E-state index in [-0.39, 0.29) is 27.7 Å². The predicted octanol–water partition coefficient (Wildman–Crippen LogP) is 4.59. The lowest BCUT2D eigenvalue weighted by Gasteiger charge is -2.21. The maximum absolute atomic E-state index is 13.3. The summed E-state index contributed by atoms with van der Waals surface area (Å²) in [5.41, 5.74) is -0.989. The molecule has 0 spiro atoms. The maximum atomic E-state index is 13.3. The van der Waals surface area contributed by atoms with Gasteiger partial charge in [0.15, 0.2) is 5.75 Å². The van der Waals surface area contributed by atoms with Crippen molar-refractivity contribution >= 4 is 38.8 Å². The molecule has 2 heterocycles. The van der Waals surface area contributed by atoms with Gasteiger partial charge >= 0.3 is 6.18 Å². The molecule has 1 aliphatic rings. The molecule has 172 valence electrons. The maximum Gasteiger partial charge on any atom is 0.416 e. The van der Waals surface area contributed by atoms with Crippen molar-refractivity contribution in [1.82, 2.24) is 4.98 Å². The molecule has 4 rings (SSSR count). The van der Waals surface area contributed by atoms with Gasteiger partial charge in [0, 0.05) is 12.7 Å². The molecule has 0 fully saturated rings. The summed E-state index contributed by atoms with van der Waals surface area (Å²) in [4.78, 5) is 16.6. The van der Waals surface area contributed by atoms with Crippen LogP contribution < -0.4 is 14.8 Å². The summed E-state index contributed by atoms with van der Waals surface area (Å²) in [6.45, 7) is 0.867. The Morgan fingerprint density at radius 3 is 2.67 bits per heavy atom. The van der Waals surface area contributed by atoms with Crippen molar-refractivity contribution in [2.75, 3.05) is 23.2 Å². The molecule has 3 aromatic rings. The van der Waals surface area contributed by atoms with Crippen LogP contribution in [0.4, 0.5) is 24.5 Å². The Kier molecular flexibility index (Phi) is 5.93. The molecule has 1 aromatic heterocycles. The Hall–Kier alpha value is -3.31. The second kappa shape index (κ2) is 8.56. The number of nitrogens with one attached hydrogen (secondary N) is 2. The molecule has 0 amide bonds. The summed E-state index contributed by atoms with van der Waals surface area (Å²) in [7, 11) is -4.51. The number of alkyl halides is 3. The number of halogens is 4. The zero-order valence-electron chi connectivity index (χ0n) is 16.6. The van der Waals surface area contributed by atoms with Crippen LogP contribution in [0.1, 0.15) is 21.6 Å². The lowest BCUT2D eigenvalue weighted by atomic mass is 10.0. The molecule has 1 aliphatic heterocycles. The summed E-state index contributed by atoms with van der Waals surface area (Å²) in [5, 5.41) is 3.10. The number of ketones is 1. The van der Waals surface area contributed by atoms with E-state index in [9.17, 15) is 26.4 Å². The van der Waals surface area contributed by atoms with Crippen LogP contribution in [0.2, 0.25) is 5.02 Å².